The Balaban J connectivity index is 1.97. The fourth-order valence-corrected chi connectivity index (χ4v) is 3.60. The fourth-order valence-electron chi connectivity index (χ4n) is 3.60. The summed E-state index contributed by atoms with van der Waals surface area (Å²) in [5.74, 6) is -0.299. The van der Waals surface area contributed by atoms with Crippen LogP contribution in [0.1, 0.15) is 46.2 Å². The number of hydrogen-bond donors (Lipinski definition) is 0. The first-order valence-electron chi connectivity index (χ1n) is 8.93. The van der Waals surface area contributed by atoms with Crippen molar-refractivity contribution in [3.63, 3.8) is 0 Å². The van der Waals surface area contributed by atoms with Gasteiger partial charge in [0.1, 0.15) is 5.56 Å². The number of nitrogens with zero attached hydrogens (tertiary/aromatic N) is 3. The van der Waals surface area contributed by atoms with Crippen LogP contribution in [0.4, 0.5) is 0 Å². The van der Waals surface area contributed by atoms with Crippen molar-refractivity contribution in [1.82, 2.24) is 14.5 Å². The van der Waals surface area contributed by atoms with E-state index in [9.17, 15) is 9.59 Å². The van der Waals surface area contributed by atoms with E-state index in [2.05, 4.69) is 4.98 Å². The molecule has 0 saturated carbocycles. The van der Waals surface area contributed by atoms with E-state index >= 15 is 0 Å². The third-order valence-corrected chi connectivity index (χ3v) is 5.11. The Hall–Kier alpha value is -2.47. The van der Waals surface area contributed by atoms with Gasteiger partial charge in [-0.15, -0.1) is 0 Å². The standard InChI is InChI=1S/C20H25N3O3/c1-22-17-10-5-4-8-14(17)12-15(19(22)24)20(25)23(2)18(13-26-3)16-9-6-7-11-21-16/h6-7,9,11-12,18H,4-5,8,10,13H2,1-3H3. The third kappa shape index (κ3) is 3.42. The van der Waals surface area contributed by atoms with Crippen LogP contribution < -0.4 is 5.56 Å². The van der Waals surface area contributed by atoms with E-state index in [-0.39, 0.29) is 23.1 Å². The molecule has 1 atom stereocenters. The first-order chi connectivity index (χ1) is 12.5. The van der Waals surface area contributed by atoms with Gasteiger partial charge in [-0.1, -0.05) is 6.07 Å². The van der Waals surface area contributed by atoms with E-state index in [1.807, 2.05) is 18.2 Å². The second kappa shape index (κ2) is 7.83. The lowest BCUT2D eigenvalue weighted by atomic mass is 9.94. The van der Waals surface area contributed by atoms with Gasteiger partial charge in [0.25, 0.3) is 11.5 Å². The van der Waals surface area contributed by atoms with E-state index in [0.717, 1.165) is 42.6 Å². The molecule has 0 fully saturated rings. The molecule has 6 nitrogen and oxygen atoms in total. The van der Waals surface area contributed by atoms with Crippen LogP contribution in [0, 0.1) is 0 Å². The topological polar surface area (TPSA) is 64.4 Å². The van der Waals surface area contributed by atoms with Crippen LogP contribution in [-0.4, -0.2) is 41.1 Å². The molecule has 0 aromatic carbocycles. The molecule has 6 heteroatoms. The summed E-state index contributed by atoms with van der Waals surface area (Å²) < 4.78 is 6.93. The Morgan fingerprint density at radius 2 is 2.12 bits per heavy atom. The minimum absolute atomic E-state index is 0.215. The molecule has 1 aliphatic carbocycles. The van der Waals surface area contributed by atoms with E-state index in [1.165, 1.54) is 0 Å². The van der Waals surface area contributed by atoms with Gasteiger partial charge in [-0.2, -0.15) is 0 Å². The fraction of sp³-hybridized carbons (Fsp3) is 0.450. The van der Waals surface area contributed by atoms with Gasteiger partial charge in [0.05, 0.1) is 18.3 Å². The van der Waals surface area contributed by atoms with E-state index in [4.69, 9.17) is 4.74 Å². The molecule has 1 unspecified atom stereocenters. The van der Waals surface area contributed by atoms with Crippen molar-refractivity contribution in [2.45, 2.75) is 31.7 Å². The second-order valence-corrected chi connectivity index (χ2v) is 6.74. The Morgan fingerprint density at radius 3 is 2.81 bits per heavy atom. The van der Waals surface area contributed by atoms with Crippen LogP contribution >= 0.6 is 0 Å². The number of fused-ring (bicyclic) bond motifs is 1. The lowest BCUT2D eigenvalue weighted by molar-refractivity contribution is 0.0592. The minimum Gasteiger partial charge on any atom is -0.382 e. The van der Waals surface area contributed by atoms with Gasteiger partial charge in [-0.3, -0.25) is 14.6 Å². The number of carbonyl (C=O) groups is 1. The normalized spacial score (nSPS) is 14.6. The summed E-state index contributed by atoms with van der Waals surface area (Å²) in [4.78, 5) is 31.8. The predicted octanol–water partition coefficient (Wildman–Crippen LogP) is 2.12. The lowest BCUT2D eigenvalue weighted by Crippen LogP contribution is -2.39. The molecule has 26 heavy (non-hydrogen) atoms. The lowest BCUT2D eigenvalue weighted by Gasteiger charge is -2.28. The molecule has 0 spiro atoms. The van der Waals surface area contributed by atoms with Gasteiger partial charge >= 0.3 is 0 Å². The number of likely N-dealkylation sites (N-methyl/N-ethyl adjacent to an activating group) is 1. The highest BCUT2D eigenvalue weighted by Crippen LogP contribution is 2.23. The van der Waals surface area contributed by atoms with Gasteiger partial charge < -0.3 is 14.2 Å². The average molecular weight is 355 g/mol. The molecule has 2 heterocycles. The van der Waals surface area contributed by atoms with Crippen molar-refractivity contribution in [2.24, 2.45) is 7.05 Å². The van der Waals surface area contributed by atoms with Crippen LogP contribution in [0.2, 0.25) is 0 Å². The summed E-state index contributed by atoms with van der Waals surface area (Å²) in [5, 5.41) is 0. The van der Waals surface area contributed by atoms with Gasteiger partial charge in [0, 0.05) is 33.1 Å². The first kappa shape index (κ1) is 18.3. The largest absolute Gasteiger partial charge is 0.382 e. The number of aryl methyl sites for hydroxylation is 1. The van der Waals surface area contributed by atoms with Crippen LogP contribution in [-0.2, 0) is 24.6 Å². The van der Waals surface area contributed by atoms with E-state index in [1.54, 1.807) is 42.9 Å². The highest BCUT2D eigenvalue weighted by molar-refractivity contribution is 5.94. The van der Waals surface area contributed by atoms with Crippen LogP contribution in [0.5, 0.6) is 0 Å². The number of pyridine rings is 2. The van der Waals surface area contributed by atoms with Gasteiger partial charge in [-0.05, 0) is 49.4 Å². The number of hydrogen-bond acceptors (Lipinski definition) is 4. The molecule has 0 bridgehead atoms. The maximum Gasteiger partial charge on any atom is 0.263 e. The quantitative estimate of drug-likeness (QED) is 0.824. The van der Waals surface area contributed by atoms with E-state index in [0.29, 0.717) is 6.61 Å². The Labute approximate surface area is 153 Å². The Morgan fingerprint density at radius 1 is 1.35 bits per heavy atom. The second-order valence-electron chi connectivity index (χ2n) is 6.74. The highest BCUT2D eigenvalue weighted by Gasteiger charge is 2.27. The number of rotatable bonds is 5. The number of amides is 1. The van der Waals surface area contributed by atoms with Gasteiger partial charge in [0.2, 0.25) is 0 Å². The molecule has 2 aromatic rings. The summed E-state index contributed by atoms with van der Waals surface area (Å²) in [7, 11) is 5.04. The summed E-state index contributed by atoms with van der Waals surface area (Å²) in [5.41, 5.74) is 2.88. The zero-order valence-electron chi connectivity index (χ0n) is 15.6. The first-order valence-corrected chi connectivity index (χ1v) is 8.93. The average Bonchev–Trinajstić information content (AvgIpc) is 2.68. The summed E-state index contributed by atoms with van der Waals surface area (Å²) in [6, 6.07) is 7.00. The van der Waals surface area contributed by atoms with E-state index < -0.39 is 0 Å². The zero-order chi connectivity index (χ0) is 18.7. The number of carbonyl (C=O) groups excluding carboxylic acids is 1. The van der Waals surface area contributed by atoms with Crippen molar-refractivity contribution in [3.8, 4) is 0 Å². The van der Waals surface area contributed by atoms with Crippen LogP contribution in [0.15, 0.2) is 35.3 Å². The summed E-state index contributed by atoms with van der Waals surface area (Å²) in [6.45, 7) is 0.310. The van der Waals surface area contributed by atoms with Crippen molar-refractivity contribution >= 4 is 5.91 Å². The molecule has 0 saturated heterocycles. The maximum absolute atomic E-state index is 13.1. The van der Waals surface area contributed by atoms with Crippen LogP contribution in [0.25, 0.3) is 0 Å². The molecule has 3 rings (SSSR count). The molecule has 0 aliphatic heterocycles. The molecule has 138 valence electrons. The molecule has 0 N–H and O–H groups in total. The highest BCUT2D eigenvalue weighted by atomic mass is 16.5. The van der Waals surface area contributed by atoms with Gasteiger partial charge in [0.15, 0.2) is 0 Å². The van der Waals surface area contributed by atoms with Crippen molar-refractivity contribution < 1.29 is 9.53 Å². The third-order valence-electron chi connectivity index (χ3n) is 5.11. The predicted molar refractivity (Wildman–Crippen MR) is 99.3 cm³/mol. The Bertz CT molecular complexity index is 845. The molecular formula is C20H25N3O3. The van der Waals surface area contributed by atoms with Crippen molar-refractivity contribution in [3.05, 3.63) is 63.3 Å². The Kier molecular flexibility index (Phi) is 5.52. The molecule has 1 aliphatic rings. The zero-order valence-corrected chi connectivity index (χ0v) is 15.6. The van der Waals surface area contributed by atoms with Crippen LogP contribution in [0.3, 0.4) is 0 Å². The number of aromatic nitrogens is 2. The molecule has 1 amide bonds. The number of ether oxygens (including phenoxy) is 1. The van der Waals surface area contributed by atoms with Crippen molar-refractivity contribution in [2.75, 3.05) is 20.8 Å². The summed E-state index contributed by atoms with van der Waals surface area (Å²) in [6.07, 6.45) is 5.67. The monoisotopic (exact) mass is 355 g/mol. The molecule has 0 radical (unpaired) electrons. The maximum atomic E-state index is 13.1. The van der Waals surface area contributed by atoms with Crippen molar-refractivity contribution in [1.29, 1.82) is 0 Å². The smallest absolute Gasteiger partial charge is 0.263 e. The molecular weight excluding hydrogens is 330 g/mol. The van der Waals surface area contributed by atoms with Gasteiger partial charge in [-0.25, -0.2) is 0 Å². The minimum atomic E-state index is -0.352. The SMILES string of the molecule is COCC(c1ccccn1)N(C)C(=O)c1cc2c(n(C)c1=O)CCCC2. The number of methoxy groups -OCH3 is 1. The molecule has 2 aromatic heterocycles. The summed E-state index contributed by atoms with van der Waals surface area (Å²) >= 11 is 0.